The average molecular weight is 299 g/mol. The van der Waals surface area contributed by atoms with E-state index in [1.54, 1.807) is 7.05 Å². The fourth-order valence-corrected chi connectivity index (χ4v) is 2.76. The summed E-state index contributed by atoms with van der Waals surface area (Å²) in [5.74, 6) is -0.449. The number of benzene rings is 1. The first-order chi connectivity index (χ1) is 9.53. The van der Waals surface area contributed by atoms with Gasteiger partial charge in [0.2, 0.25) is 10.0 Å². The first-order valence-electron chi connectivity index (χ1n) is 5.85. The quantitative estimate of drug-likeness (QED) is 0.831. The fourth-order valence-electron chi connectivity index (χ4n) is 1.65. The lowest BCUT2D eigenvalue weighted by atomic mass is 10.2. The number of hydrogen-bond donors (Lipinski definition) is 2. The van der Waals surface area contributed by atoms with Gasteiger partial charge in [-0.2, -0.15) is 0 Å². The summed E-state index contributed by atoms with van der Waals surface area (Å²) in [6.45, 7) is 0.364. The molecule has 0 aliphatic heterocycles. The molecule has 0 atom stereocenters. The Kier molecular flexibility index (Phi) is 4.48. The average Bonchev–Trinajstić information content (AvgIpc) is 2.92. The fraction of sp³-hybridized carbons (Fsp3) is 0.250. The third-order valence-electron chi connectivity index (χ3n) is 2.59. The van der Waals surface area contributed by atoms with Gasteiger partial charge in [-0.05, 0) is 24.7 Å². The maximum atomic E-state index is 13.7. The van der Waals surface area contributed by atoms with Crippen LogP contribution in [0.1, 0.15) is 11.3 Å². The normalized spacial score (nSPS) is 11.7. The van der Waals surface area contributed by atoms with Crippen molar-refractivity contribution < 1.29 is 17.3 Å². The van der Waals surface area contributed by atoms with E-state index in [2.05, 4.69) is 15.2 Å². The van der Waals surface area contributed by atoms with Crippen molar-refractivity contribution in [1.29, 1.82) is 0 Å². The molecule has 0 aliphatic rings. The van der Waals surface area contributed by atoms with Crippen LogP contribution >= 0.6 is 0 Å². The number of rotatable bonds is 6. The standard InChI is InChI=1S/C12H14FN3O3S/c1-14-7-9-2-3-11(13)12(6-9)20(17,18)16-8-10-4-5-15-19-10/h2-6,14,16H,7-8H2,1H3. The minimum absolute atomic E-state index is 0.0853. The molecule has 0 spiro atoms. The lowest BCUT2D eigenvalue weighted by molar-refractivity contribution is 0.380. The molecule has 0 bridgehead atoms. The zero-order valence-electron chi connectivity index (χ0n) is 10.8. The molecular weight excluding hydrogens is 285 g/mol. The second-order valence-electron chi connectivity index (χ2n) is 4.10. The Morgan fingerprint density at radius 1 is 1.30 bits per heavy atom. The van der Waals surface area contributed by atoms with E-state index in [1.807, 2.05) is 0 Å². The lowest BCUT2D eigenvalue weighted by Gasteiger charge is -2.08. The van der Waals surface area contributed by atoms with E-state index in [0.717, 1.165) is 6.07 Å². The van der Waals surface area contributed by atoms with Crippen LogP contribution in [0.3, 0.4) is 0 Å². The molecule has 0 amide bonds. The van der Waals surface area contributed by atoms with Crippen LogP contribution in [0.5, 0.6) is 0 Å². The Bertz CT molecular complexity index is 671. The minimum atomic E-state index is -3.95. The SMILES string of the molecule is CNCc1ccc(F)c(S(=O)(=O)NCc2ccno2)c1. The van der Waals surface area contributed by atoms with Crippen LogP contribution < -0.4 is 10.0 Å². The number of hydrogen-bond acceptors (Lipinski definition) is 5. The molecule has 20 heavy (non-hydrogen) atoms. The van der Waals surface area contributed by atoms with Gasteiger partial charge in [0.25, 0.3) is 0 Å². The van der Waals surface area contributed by atoms with Crippen molar-refractivity contribution in [2.75, 3.05) is 7.05 Å². The maximum Gasteiger partial charge on any atom is 0.243 e. The summed E-state index contributed by atoms with van der Waals surface area (Å²) in [6.07, 6.45) is 1.40. The molecule has 0 aliphatic carbocycles. The molecule has 8 heteroatoms. The van der Waals surface area contributed by atoms with Crippen molar-refractivity contribution in [3.8, 4) is 0 Å². The van der Waals surface area contributed by atoms with Crippen molar-refractivity contribution in [3.05, 3.63) is 47.6 Å². The third-order valence-corrected chi connectivity index (χ3v) is 4.01. The van der Waals surface area contributed by atoms with Crippen LogP contribution in [-0.4, -0.2) is 20.6 Å². The van der Waals surface area contributed by atoms with Gasteiger partial charge < -0.3 is 9.84 Å². The summed E-state index contributed by atoms with van der Waals surface area (Å²) in [6, 6.07) is 5.49. The predicted molar refractivity (Wildman–Crippen MR) is 69.7 cm³/mol. The van der Waals surface area contributed by atoms with E-state index in [-0.39, 0.29) is 11.4 Å². The highest BCUT2D eigenvalue weighted by Gasteiger charge is 2.19. The number of nitrogens with zero attached hydrogens (tertiary/aromatic N) is 1. The Morgan fingerprint density at radius 2 is 2.10 bits per heavy atom. The highest BCUT2D eigenvalue weighted by molar-refractivity contribution is 7.89. The molecule has 0 saturated carbocycles. The predicted octanol–water partition coefficient (Wildman–Crippen LogP) is 1.01. The zero-order valence-corrected chi connectivity index (χ0v) is 11.6. The molecular formula is C12H14FN3O3S. The molecule has 108 valence electrons. The third kappa shape index (κ3) is 3.41. The lowest BCUT2D eigenvalue weighted by Crippen LogP contribution is -2.24. The molecule has 0 radical (unpaired) electrons. The van der Waals surface area contributed by atoms with Crippen LogP contribution in [0, 0.1) is 5.82 Å². The summed E-state index contributed by atoms with van der Waals surface area (Å²) in [5.41, 5.74) is 0.675. The van der Waals surface area contributed by atoms with Gasteiger partial charge in [-0.15, -0.1) is 0 Å². The molecule has 6 nitrogen and oxygen atoms in total. The highest BCUT2D eigenvalue weighted by atomic mass is 32.2. The van der Waals surface area contributed by atoms with Gasteiger partial charge in [-0.25, -0.2) is 17.5 Å². The van der Waals surface area contributed by atoms with Crippen molar-refractivity contribution in [2.24, 2.45) is 0 Å². The van der Waals surface area contributed by atoms with Crippen LogP contribution in [0.4, 0.5) is 4.39 Å². The minimum Gasteiger partial charge on any atom is -0.360 e. The largest absolute Gasteiger partial charge is 0.360 e. The number of nitrogens with one attached hydrogen (secondary N) is 2. The van der Waals surface area contributed by atoms with Crippen molar-refractivity contribution in [3.63, 3.8) is 0 Å². The highest BCUT2D eigenvalue weighted by Crippen LogP contribution is 2.16. The Morgan fingerprint density at radius 3 is 2.75 bits per heavy atom. The molecule has 2 aromatic rings. The van der Waals surface area contributed by atoms with Crippen molar-refractivity contribution in [1.82, 2.24) is 15.2 Å². The molecule has 1 aromatic carbocycles. The van der Waals surface area contributed by atoms with E-state index < -0.39 is 15.8 Å². The van der Waals surface area contributed by atoms with Gasteiger partial charge in [-0.3, -0.25) is 0 Å². The van der Waals surface area contributed by atoms with Crippen LogP contribution in [-0.2, 0) is 23.1 Å². The second kappa shape index (κ2) is 6.12. The van der Waals surface area contributed by atoms with Crippen LogP contribution in [0.25, 0.3) is 0 Å². The maximum absolute atomic E-state index is 13.7. The number of sulfonamides is 1. The zero-order chi connectivity index (χ0) is 14.6. The first-order valence-corrected chi connectivity index (χ1v) is 7.33. The summed E-state index contributed by atoms with van der Waals surface area (Å²) >= 11 is 0. The van der Waals surface area contributed by atoms with E-state index in [4.69, 9.17) is 4.52 Å². The first kappa shape index (κ1) is 14.6. The monoisotopic (exact) mass is 299 g/mol. The molecule has 1 aromatic heterocycles. The molecule has 0 fully saturated rings. The van der Waals surface area contributed by atoms with E-state index >= 15 is 0 Å². The molecule has 1 heterocycles. The van der Waals surface area contributed by atoms with Crippen molar-refractivity contribution in [2.45, 2.75) is 18.0 Å². The molecule has 2 N–H and O–H groups in total. The van der Waals surface area contributed by atoms with Gasteiger partial charge in [0, 0.05) is 12.6 Å². The number of aromatic nitrogens is 1. The topological polar surface area (TPSA) is 84.2 Å². The Balaban J connectivity index is 2.21. The Hall–Kier alpha value is -1.77. The molecule has 2 rings (SSSR count). The van der Waals surface area contributed by atoms with Gasteiger partial charge in [0.05, 0.1) is 12.7 Å². The number of halogens is 1. The summed E-state index contributed by atoms with van der Waals surface area (Å²) in [7, 11) is -2.23. The van der Waals surface area contributed by atoms with E-state index in [1.165, 1.54) is 24.4 Å². The van der Waals surface area contributed by atoms with Gasteiger partial charge in [-0.1, -0.05) is 11.2 Å². The molecule has 0 saturated heterocycles. The smallest absolute Gasteiger partial charge is 0.243 e. The Labute approximate surface area is 116 Å². The van der Waals surface area contributed by atoms with Gasteiger partial charge in [0.15, 0.2) is 5.76 Å². The van der Waals surface area contributed by atoms with Crippen LogP contribution in [0.2, 0.25) is 0 Å². The summed E-state index contributed by atoms with van der Waals surface area (Å²) in [4.78, 5) is -0.384. The second-order valence-corrected chi connectivity index (χ2v) is 5.83. The van der Waals surface area contributed by atoms with E-state index in [0.29, 0.717) is 17.9 Å². The summed E-state index contributed by atoms with van der Waals surface area (Å²) in [5, 5.41) is 6.33. The molecule has 0 unspecified atom stereocenters. The summed E-state index contributed by atoms with van der Waals surface area (Å²) < 4.78 is 44.9. The van der Waals surface area contributed by atoms with E-state index in [9.17, 15) is 12.8 Å². The van der Waals surface area contributed by atoms with Crippen molar-refractivity contribution >= 4 is 10.0 Å². The van der Waals surface area contributed by atoms with Crippen LogP contribution in [0.15, 0.2) is 39.9 Å². The van der Waals surface area contributed by atoms with Gasteiger partial charge >= 0.3 is 0 Å². The van der Waals surface area contributed by atoms with Gasteiger partial charge in [0.1, 0.15) is 10.7 Å².